The van der Waals surface area contributed by atoms with Gasteiger partial charge in [-0.15, -0.1) is 0 Å². The number of amides is 1. The first-order valence-electron chi connectivity index (χ1n) is 7.09. The molecule has 0 saturated heterocycles. The van der Waals surface area contributed by atoms with E-state index in [4.69, 9.17) is 38.9 Å². The van der Waals surface area contributed by atoms with E-state index in [2.05, 4.69) is 5.32 Å². The number of benzene rings is 2. The molecule has 8 heteroatoms. The van der Waals surface area contributed by atoms with Crippen LogP contribution in [0, 0.1) is 11.3 Å². The molecule has 6 nitrogen and oxygen atoms in total. The zero-order chi connectivity index (χ0) is 18.6. The first-order chi connectivity index (χ1) is 11.8. The van der Waals surface area contributed by atoms with Crippen molar-refractivity contribution >= 4 is 46.5 Å². The first kappa shape index (κ1) is 18.6. The van der Waals surface area contributed by atoms with Crippen LogP contribution in [0.15, 0.2) is 36.4 Å². The highest BCUT2D eigenvalue weighted by Gasteiger charge is 2.22. The van der Waals surface area contributed by atoms with Crippen LogP contribution >= 0.6 is 23.2 Å². The van der Waals surface area contributed by atoms with Gasteiger partial charge in [0.15, 0.2) is 6.10 Å². The molecule has 0 radical (unpaired) electrons. The van der Waals surface area contributed by atoms with E-state index in [9.17, 15) is 9.59 Å². The van der Waals surface area contributed by atoms with Crippen molar-refractivity contribution in [2.24, 2.45) is 0 Å². The number of hydrogen-bond donors (Lipinski definition) is 2. The Morgan fingerprint density at radius 3 is 2.64 bits per heavy atom. The van der Waals surface area contributed by atoms with Gasteiger partial charge >= 0.3 is 5.97 Å². The maximum Gasteiger partial charge on any atom is 0.341 e. The standard InChI is InChI=1S/C17H13Cl2N3O3/c1-9(16(23)22-14-5-3-2-4-10(14)8-20)25-17(24)12-6-11(18)7-13(19)15(12)21/h2-7,9H,21H2,1H3,(H,22,23). The Hall–Kier alpha value is -2.75. The number of ether oxygens (including phenoxy) is 1. The molecule has 0 aliphatic heterocycles. The second kappa shape index (κ2) is 7.88. The van der Waals surface area contributed by atoms with Crippen LogP contribution in [-0.4, -0.2) is 18.0 Å². The van der Waals surface area contributed by atoms with Crippen molar-refractivity contribution in [3.05, 3.63) is 57.6 Å². The minimum atomic E-state index is -1.13. The molecule has 25 heavy (non-hydrogen) atoms. The number of nitrogens with one attached hydrogen (secondary N) is 1. The molecule has 0 aromatic heterocycles. The lowest BCUT2D eigenvalue weighted by atomic mass is 10.2. The van der Waals surface area contributed by atoms with Gasteiger partial charge in [0.25, 0.3) is 5.91 Å². The summed E-state index contributed by atoms with van der Waals surface area (Å²) >= 11 is 11.7. The van der Waals surface area contributed by atoms with Crippen molar-refractivity contribution in [1.82, 2.24) is 0 Å². The number of rotatable bonds is 4. The summed E-state index contributed by atoms with van der Waals surface area (Å²) in [5.74, 6) is -1.43. The number of nitrogens with two attached hydrogens (primary N) is 1. The Kier molecular flexibility index (Phi) is 5.86. The molecule has 3 N–H and O–H groups in total. The zero-order valence-corrected chi connectivity index (χ0v) is 14.6. The lowest BCUT2D eigenvalue weighted by Gasteiger charge is -2.15. The molecule has 128 valence electrons. The summed E-state index contributed by atoms with van der Waals surface area (Å²) in [7, 11) is 0. The van der Waals surface area contributed by atoms with Gasteiger partial charge < -0.3 is 15.8 Å². The molecular weight excluding hydrogens is 365 g/mol. The van der Waals surface area contributed by atoms with E-state index in [1.54, 1.807) is 24.3 Å². The number of hydrogen-bond acceptors (Lipinski definition) is 5. The molecule has 2 aromatic rings. The van der Waals surface area contributed by atoms with Gasteiger partial charge in [-0.1, -0.05) is 35.3 Å². The van der Waals surface area contributed by atoms with Crippen molar-refractivity contribution in [2.75, 3.05) is 11.1 Å². The summed E-state index contributed by atoms with van der Waals surface area (Å²) in [5, 5.41) is 11.9. The number of esters is 1. The SMILES string of the molecule is CC(OC(=O)c1cc(Cl)cc(Cl)c1N)C(=O)Nc1ccccc1C#N. The number of halogens is 2. The molecule has 2 rings (SSSR count). The summed E-state index contributed by atoms with van der Waals surface area (Å²) in [4.78, 5) is 24.4. The molecular formula is C17H13Cl2N3O3. The van der Waals surface area contributed by atoms with Crippen molar-refractivity contribution in [2.45, 2.75) is 13.0 Å². The Morgan fingerprint density at radius 1 is 1.28 bits per heavy atom. The van der Waals surface area contributed by atoms with E-state index >= 15 is 0 Å². The second-order valence-electron chi connectivity index (χ2n) is 5.04. The van der Waals surface area contributed by atoms with E-state index < -0.39 is 18.0 Å². The third-order valence-corrected chi connectivity index (χ3v) is 3.80. The molecule has 0 heterocycles. The zero-order valence-electron chi connectivity index (χ0n) is 13.0. The molecule has 2 aromatic carbocycles. The molecule has 0 spiro atoms. The van der Waals surface area contributed by atoms with E-state index in [-0.39, 0.29) is 21.3 Å². The highest BCUT2D eigenvalue weighted by molar-refractivity contribution is 6.37. The van der Waals surface area contributed by atoms with E-state index in [0.29, 0.717) is 11.3 Å². The number of nitrogen functional groups attached to an aromatic ring is 1. The van der Waals surface area contributed by atoms with E-state index in [1.807, 2.05) is 6.07 Å². The molecule has 1 amide bonds. The van der Waals surface area contributed by atoms with Crippen LogP contribution < -0.4 is 11.1 Å². The predicted molar refractivity (Wildman–Crippen MR) is 95.5 cm³/mol. The quantitative estimate of drug-likeness (QED) is 0.624. The summed E-state index contributed by atoms with van der Waals surface area (Å²) in [5.41, 5.74) is 6.33. The average molecular weight is 378 g/mol. The largest absolute Gasteiger partial charge is 0.449 e. The fraction of sp³-hybridized carbons (Fsp3) is 0.118. The van der Waals surface area contributed by atoms with Crippen LogP contribution in [0.25, 0.3) is 0 Å². The summed E-state index contributed by atoms with van der Waals surface area (Å²) in [6.07, 6.45) is -1.13. The van der Waals surface area contributed by atoms with Crippen LogP contribution in [0.1, 0.15) is 22.8 Å². The van der Waals surface area contributed by atoms with E-state index in [1.165, 1.54) is 19.1 Å². The van der Waals surface area contributed by atoms with Crippen LogP contribution in [0.3, 0.4) is 0 Å². The summed E-state index contributed by atoms with van der Waals surface area (Å²) in [6.45, 7) is 1.39. The lowest BCUT2D eigenvalue weighted by molar-refractivity contribution is -0.123. The fourth-order valence-corrected chi connectivity index (χ4v) is 2.45. The minimum absolute atomic E-state index is 0.0125. The van der Waals surface area contributed by atoms with Crippen LogP contribution in [-0.2, 0) is 9.53 Å². The highest BCUT2D eigenvalue weighted by Crippen LogP contribution is 2.28. The minimum Gasteiger partial charge on any atom is -0.449 e. The molecule has 0 aliphatic carbocycles. The Balaban J connectivity index is 2.11. The van der Waals surface area contributed by atoms with Crippen molar-refractivity contribution in [1.29, 1.82) is 5.26 Å². The summed E-state index contributed by atoms with van der Waals surface area (Å²) in [6, 6.07) is 11.1. The highest BCUT2D eigenvalue weighted by atomic mass is 35.5. The van der Waals surface area contributed by atoms with Crippen LogP contribution in [0.2, 0.25) is 10.0 Å². The monoisotopic (exact) mass is 377 g/mol. The number of carbonyl (C=O) groups is 2. The maximum atomic E-state index is 12.2. The van der Waals surface area contributed by atoms with Gasteiger partial charge in [0, 0.05) is 5.02 Å². The lowest BCUT2D eigenvalue weighted by Crippen LogP contribution is -2.30. The topological polar surface area (TPSA) is 105 Å². The number of carbonyl (C=O) groups excluding carboxylic acids is 2. The predicted octanol–water partition coefficient (Wildman–Crippen LogP) is 3.63. The number of anilines is 2. The van der Waals surface area contributed by atoms with Gasteiger partial charge in [0.1, 0.15) is 6.07 Å². The van der Waals surface area contributed by atoms with Gasteiger partial charge in [-0.3, -0.25) is 4.79 Å². The molecule has 0 aliphatic rings. The van der Waals surface area contributed by atoms with Gasteiger partial charge in [0.2, 0.25) is 0 Å². The number of para-hydroxylation sites is 1. The van der Waals surface area contributed by atoms with Gasteiger partial charge in [-0.25, -0.2) is 4.79 Å². The number of nitriles is 1. The smallest absolute Gasteiger partial charge is 0.341 e. The van der Waals surface area contributed by atoms with Gasteiger partial charge in [0.05, 0.1) is 27.5 Å². The third-order valence-electron chi connectivity index (χ3n) is 3.27. The average Bonchev–Trinajstić information content (AvgIpc) is 2.58. The molecule has 1 atom stereocenters. The van der Waals surface area contributed by atoms with Crippen molar-refractivity contribution < 1.29 is 14.3 Å². The molecule has 1 unspecified atom stereocenters. The van der Waals surface area contributed by atoms with Gasteiger partial charge in [-0.2, -0.15) is 5.26 Å². The first-order valence-corrected chi connectivity index (χ1v) is 7.84. The second-order valence-corrected chi connectivity index (χ2v) is 5.89. The van der Waals surface area contributed by atoms with Crippen molar-refractivity contribution in [3.63, 3.8) is 0 Å². The normalized spacial score (nSPS) is 11.3. The van der Waals surface area contributed by atoms with Crippen LogP contribution in [0.5, 0.6) is 0 Å². The molecule has 0 bridgehead atoms. The Bertz CT molecular complexity index is 878. The third kappa shape index (κ3) is 4.41. The fourth-order valence-electron chi connectivity index (χ4n) is 1.96. The number of nitrogens with zero attached hydrogens (tertiary/aromatic N) is 1. The Labute approximate surface area is 154 Å². The van der Waals surface area contributed by atoms with Crippen molar-refractivity contribution in [3.8, 4) is 6.07 Å². The molecule has 0 saturated carbocycles. The van der Waals surface area contributed by atoms with Gasteiger partial charge in [-0.05, 0) is 31.2 Å². The molecule has 0 fully saturated rings. The maximum absolute atomic E-state index is 12.2. The van der Waals surface area contributed by atoms with E-state index in [0.717, 1.165) is 0 Å². The summed E-state index contributed by atoms with van der Waals surface area (Å²) < 4.78 is 5.10. The van der Waals surface area contributed by atoms with Crippen LogP contribution in [0.4, 0.5) is 11.4 Å². The Morgan fingerprint density at radius 2 is 1.96 bits per heavy atom.